The quantitative estimate of drug-likeness (QED) is 0.897. The number of hydrogen-bond acceptors (Lipinski definition) is 5. The van der Waals surface area contributed by atoms with Crippen LogP contribution in [0, 0.1) is 0 Å². The van der Waals surface area contributed by atoms with Crippen LogP contribution in [-0.2, 0) is 16.4 Å². The van der Waals surface area contributed by atoms with Crippen LogP contribution in [0.25, 0.3) is 11.3 Å². The van der Waals surface area contributed by atoms with Gasteiger partial charge in [0.25, 0.3) is 0 Å². The summed E-state index contributed by atoms with van der Waals surface area (Å²) in [6.07, 6.45) is 4.08. The summed E-state index contributed by atoms with van der Waals surface area (Å²) in [7, 11) is -3.21. The van der Waals surface area contributed by atoms with E-state index in [-0.39, 0.29) is 0 Å². The van der Waals surface area contributed by atoms with Crippen molar-refractivity contribution in [3.63, 3.8) is 0 Å². The molecule has 1 aliphatic heterocycles. The number of thiazole rings is 1. The van der Waals surface area contributed by atoms with Crippen molar-refractivity contribution in [2.75, 3.05) is 29.0 Å². The molecule has 0 radical (unpaired) electrons. The largest absolute Gasteiger partial charge is 0.362 e. The Morgan fingerprint density at radius 2 is 2.22 bits per heavy atom. The number of rotatable bonds is 5. The van der Waals surface area contributed by atoms with Crippen LogP contribution in [0.3, 0.4) is 0 Å². The van der Waals surface area contributed by atoms with E-state index in [4.69, 9.17) is 0 Å². The predicted molar refractivity (Wildman–Crippen MR) is 96.8 cm³/mol. The molecule has 124 valence electrons. The van der Waals surface area contributed by atoms with E-state index in [1.54, 1.807) is 11.3 Å². The molecule has 0 bridgehead atoms. The average Bonchev–Trinajstić information content (AvgIpc) is 2.99. The lowest BCUT2D eigenvalue weighted by Crippen LogP contribution is -2.34. The van der Waals surface area contributed by atoms with Gasteiger partial charge in [-0.25, -0.2) is 13.4 Å². The SMILES string of the molecule is CCCNc1nc(-c2ccc3c(c2)CCCN3S(C)(=O)=O)cs1. The Kier molecular flexibility index (Phi) is 4.59. The smallest absolute Gasteiger partial charge is 0.232 e. The zero-order chi connectivity index (χ0) is 16.4. The van der Waals surface area contributed by atoms with Crippen LogP contribution >= 0.6 is 11.3 Å². The highest BCUT2D eigenvalue weighted by atomic mass is 32.2. The Morgan fingerprint density at radius 3 is 2.96 bits per heavy atom. The molecule has 1 aromatic carbocycles. The molecule has 0 spiro atoms. The zero-order valence-electron chi connectivity index (χ0n) is 13.4. The number of fused-ring (bicyclic) bond motifs is 1. The van der Waals surface area contributed by atoms with E-state index in [0.29, 0.717) is 6.54 Å². The lowest BCUT2D eigenvalue weighted by atomic mass is 10.00. The van der Waals surface area contributed by atoms with Crippen LogP contribution in [0.1, 0.15) is 25.3 Å². The Balaban J connectivity index is 1.90. The zero-order valence-corrected chi connectivity index (χ0v) is 15.0. The molecule has 0 unspecified atom stereocenters. The first-order chi connectivity index (χ1) is 11.0. The number of sulfonamides is 1. The van der Waals surface area contributed by atoms with Crippen LogP contribution < -0.4 is 9.62 Å². The molecule has 0 amide bonds. The van der Waals surface area contributed by atoms with Crippen molar-refractivity contribution in [3.05, 3.63) is 29.1 Å². The molecule has 2 aromatic rings. The lowest BCUT2D eigenvalue weighted by Gasteiger charge is -2.29. The molecule has 5 nitrogen and oxygen atoms in total. The Bertz CT molecular complexity index is 799. The molecule has 0 aliphatic carbocycles. The molecule has 3 rings (SSSR count). The first-order valence-electron chi connectivity index (χ1n) is 7.79. The fraction of sp³-hybridized carbons (Fsp3) is 0.438. The summed E-state index contributed by atoms with van der Waals surface area (Å²) in [5.41, 5.74) is 3.87. The Hall–Kier alpha value is -1.60. The summed E-state index contributed by atoms with van der Waals surface area (Å²) in [6.45, 7) is 3.60. The van der Waals surface area contributed by atoms with Gasteiger partial charge in [-0.05, 0) is 37.0 Å². The van der Waals surface area contributed by atoms with Crippen molar-refractivity contribution >= 4 is 32.2 Å². The van der Waals surface area contributed by atoms with Gasteiger partial charge in [-0.3, -0.25) is 4.31 Å². The summed E-state index contributed by atoms with van der Waals surface area (Å²) >= 11 is 1.60. The third kappa shape index (κ3) is 3.50. The minimum atomic E-state index is -3.21. The Labute approximate surface area is 141 Å². The fourth-order valence-corrected chi connectivity index (χ4v) is 4.53. The molecule has 0 saturated carbocycles. The van der Waals surface area contributed by atoms with Gasteiger partial charge < -0.3 is 5.32 Å². The van der Waals surface area contributed by atoms with Gasteiger partial charge in [-0.2, -0.15) is 0 Å². The summed E-state index contributed by atoms with van der Waals surface area (Å²) < 4.78 is 25.3. The van der Waals surface area contributed by atoms with Gasteiger partial charge in [0.2, 0.25) is 10.0 Å². The van der Waals surface area contributed by atoms with Crippen molar-refractivity contribution in [2.24, 2.45) is 0 Å². The second-order valence-corrected chi connectivity index (χ2v) is 8.51. The van der Waals surface area contributed by atoms with Crippen LogP contribution in [0.4, 0.5) is 10.8 Å². The predicted octanol–water partition coefficient (Wildman–Crippen LogP) is 3.34. The van der Waals surface area contributed by atoms with Gasteiger partial charge in [-0.15, -0.1) is 11.3 Å². The monoisotopic (exact) mass is 351 g/mol. The molecule has 1 N–H and O–H groups in total. The van der Waals surface area contributed by atoms with Crippen molar-refractivity contribution in [2.45, 2.75) is 26.2 Å². The van der Waals surface area contributed by atoms with Gasteiger partial charge in [0.1, 0.15) is 0 Å². The lowest BCUT2D eigenvalue weighted by molar-refractivity contribution is 0.592. The van der Waals surface area contributed by atoms with Gasteiger partial charge >= 0.3 is 0 Å². The van der Waals surface area contributed by atoms with E-state index in [9.17, 15) is 8.42 Å². The maximum atomic E-state index is 11.9. The maximum Gasteiger partial charge on any atom is 0.232 e. The molecule has 0 fully saturated rings. The topological polar surface area (TPSA) is 62.3 Å². The molecule has 2 heterocycles. The summed E-state index contributed by atoms with van der Waals surface area (Å²) in [5.74, 6) is 0. The molecule has 1 aromatic heterocycles. The number of aryl methyl sites for hydroxylation is 1. The van der Waals surface area contributed by atoms with E-state index >= 15 is 0 Å². The van der Waals surface area contributed by atoms with Gasteiger partial charge in [0.15, 0.2) is 5.13 Å². The van der Waals surface area contributed by atoms with Crippen molar-refractivity contribution < 1.29 is 8.42 Å². The highest BCUT2D eigenvalue weighted by molar-refractivity contribution is 7.92. The number of aromatic nitrogens is 1. The molecule has 0 saturated heterocycles. The molecule has 0 atom stereocenters. The minimum absolute atomic E-state index is 0.562. The molecule has 1 aliphatic rings. The molecule has 7 heteroatoms. The first kappa shape index (κ1) is 16.3. The van der Waals surface area contributed by atoms with Crippen molar-refractivity contribution in [3.8, 4) is 11.3 Å². The van der Waals surface area contributed by atoms with E-state index in [1.807, 2.05) is 17.5 Å². The minimum Gasteiger partial charge on any atom is -0.362 e. The van der Waals surface area contributed by atoms with Crippen LogP contribution in [0.15, 0.2) is 23.6 Å². The summed E-state index contributed by atoms with van der Waals surface area (Å²) in [4.78, 5) is 4.61. The van der Waals surface area contributed by atoms with E-state index in [0.717, 1.165) is 53.4 Å². The Morgan fingerprint density at radius 1 is 1.39 bits per heavy atom. The van der Waals surface area contributed by atoms with Gasteiger partial charge in [0, 0.05) is 24.0 Å². The molecule has 23 heavy (non-hydrogen) atoms. The maximum absolute atomic E-state index is 11.9. The second-order valence-electron chi connectivity index (χ2n) is 5.75. The summed E-state index contributed by atoms with van der Waals surface area (Å²) in [6, 6.07) is 5.94. The fourth-order valence-electron chi connectivity index (χ4n) is 2.79. The van der Waals surface area contributed by atoms with Crippen molar-refractivity contribution in [1.29, 1.82) is 0 Å². The highest BCUT2D eigenvalue weighted by Gasteiger charge is 2.24. The average molecular weight is 351 g/mol. The van der Waals surface area contributed by atoms with E-state index < -0.39 is 10.0 Å². The standard InChI is InChI=1S/C16H21N3O2S2/c1-3-8-17-16-18-14(11-22-16)12-6-7-15-13(10-12)5-4-9-19(15)23(2,20)21/h6-7,10-11H,3-5,8-9H2,1-2H3,(H,17,18). The number of nitrogens with one attached hydrogen (secondary N) is 1. The van der Waals surface area contributed by atoms with Crippen LogP contribution in [0.2, 0.25) is 0 Å². The number of anilines is 2. The van der Waals surface area contributed by atoms with E-state index in [2.05, 4.69) is 23.3 Å². The normalized spacial score (nSPS) is 14.6. The number of benzene rings is 1. The van der Waals surface area contributed by atoms with Gasteiger partial charge in [0.05, 0.1) is 17.6 Å². The number of hydrogen-bond donors (Lipinski definition) is 1. The van der Waals surface area contributed by atoms with Crippen molar-refractivity contribution in [1.82, 2.24) is 4.98 Å². The van der Waals surface area contributed by atoms with E-state index in [1.165, 1.54) is 10.6 Å². The van der Waals surface area contributed by atoms with Crippen LogP contribution in [-0.4, -0.2) is 32.7 Å². The molecular weight excluding hydrogens is 330 g/mol. The third-order valence-electron chi connectivity index (χ3n) is 3.88. The van der Waals surface area contributed by atoms with Gasteiger partial charge in [-0.1, -0.05) is 13.0 Å². The van der Waals surface area contributed by atoms with Crippen LogP contribution in [0.5, 0.6) is 0 Å². The first-order valence-corrected chi connectivity index (χ1v) is 10.5. The number of nitrogens with zero attached hydrogens (tertiary/aromatic N) is 2. The third-order valence-corrected chi connectivity index (χ3v) is 5.86. The molecular formula is C16H21N3O2S2. The second kappa shape index (κ2) is 6.49. The highest BCUT2D eigenvalue weighted by Crippen LogP contribution is 2.33. The summed E-state index contributed by atoms with van der Waals surface area (Å²) in [5, 5.41) is 6.26.